The van der Waals surface area contributed by atoms with Crippen LogP contribution >= 0.6 is 0 Å². The van der Waals surface area contributed by atoms with Crippen molar-refractivity contribution in [3.05, 3.63) is 0 Å². The molecular formula is C35H63NO10. The Morgan fingerprint density at radius 3 is 1.54 bits per heavy atom. The molecule has 2 atom stereocenters. The molecule has 0 radical (unpaired) electrons. The van der Waals surface area contributed by atoms with E-state index in [2.05, 4.69) is 19.2 Å². The van der Waals surface area contributed by atoms with Crippen molar-refractivity contribution in [3.63, 3.8) is 0 Å². The molecule has 268 valence electrons. The van der Waals surface area contributed by atoms with Gasteiger partial charge in [0.1, 0.15) is 26.1 Å². The third kappa shape index (κ3) is 16.7. The highest BCUT2D eigenvalue weighted by molar-refractivity contribution is 5.73. The van der Waals surface area contributed by atoms with E-state index >= 15 is 0 Å². The number of hydrogen-bond acceptors (Lipinski definition) is 11. The first-order chi connectivity index (χ1) is 22.0. The van der Waals surface area contributed by atoms with Gasteiger partial charge in [-0.25, -0.2) is 0 Å². The number of methoxy groups -OCH3 is 1. The molecule has 2 rings (SSSR count). The number of aldehydes is 1. The molecule has 0 aromatic carbocycles. The number of carbonyl (C=O) groups is 4. The van der Waals surface area contributed by atoms with Crippen molar-refractivity contribution in [2.75, 3.05) is 59.8 Å². The van der Waals surface area contributed by atoms with Crippen molar-refractivity contribution < 1.29 is 48.3 Å². The number of nitrogens with one attached hydrogen (secondary N) is 1. The average molecular weight is 658 g/mol. The van der Waals surface area contributed by atoms with E-state index in [1.807, 2.05) is 6.92 Å². The smallest absolute Gasteiger partial charge is 0.308 e. The second kappa shape index (κ2) is 23.3. The van der Waals surface area contributed by atoms with E-state index < -0.39 is 16.8 Å². The molecule has 46 heavy (non-hydrogen) atoms. The second-order valence-corrected chi connectivity index (χ2v) is 14.0. The molecular weight excluding hydrogens is 594 g/mol. The highest BCUT2D eigenvalue weighted by Crippen LogP contribution is 2.33. The summed E-state index contributed by atoms with van der Waals surface area (Å²) in [5.41, 5.74) is -1.30. The maximum Gasteiger partial charge on any atom is 0.308 e. The maximum atomic E-state index is 12.3. The summed E-state index contributed by atoms with van der Waals surface area (Å²) in [4.78, 5) is 46.2. The molecule has 0 heterocycles. The van der Waals surface area contributed by atoms with E-state index in [0.29, 0.717) is 32.0 Å². The molecule has 2 unspecified atom stereocenters. The zero-order chi connectivity index (χ0) is 34.4. The van der Waals surface area contributed by atoms with E-state index in [1.165, 1.54) is 6.42 Å². The SMILES string of the molecule is CCC1CCC(C(=O)OCC(C)(CO)COC(=O)CCNCCC=O)CC1.CCC1CCC(C(=O)OCC(C)(CO)COC)CC1. The van der Waals surface area contributed by atoms with Gasteiger partial charge < -0.3 is 39.3 Å². The Kier molecular flexibility index (Phi) is 21.2. The van der Waals surface area contributed by atoms with E-state index in [0.717, 1.165) is 70.0 Å². The molecule has 11 heteroatoms. The third-order valence-corrected chi connectivity index (χ3v) is 9.42. The highest BCUT2D eigenvalue weighted by atomic mass is 16.6. The number of aliphatic hydroxyl groups excluding tert-OH is 2. The molecule has 11 nitrogen and oxygen atoms in total. The number of aliphatic hydroxyl groups is 2. The minimum atomic E-state index is -0.809. The van der Waals surface area contributed by atoms with Crippen molar-refractivity contribution in [1.82, 2.24) is 5.32 Å². The Labute approximate surface area is 276 Å². The number of esters is 3. The molecule has 2 saturated carbocycles. The summed E-state index contributed by atoms with van der Waals surface area (Å²) in [5, 5.41) is 21.9. The predicted octanol–water partition coefficient (Wildman–Crippen LogP) is 4.25. The lowest BCUT2D eigenvalue weighted by molar-refractivity contribution is -0.159. The van der Waals surface area contributed by atoms with Crippen LogP contribution in [0.2, 0.25) is 0 Å². The number of ether oxygens (including phenoxy) is 4. The normalized spacial score (nSPS) is 23.9. The fourth-order valence-electron chi connectivity index (χ4n) is 5.76. The molecule has 0 spiro atoms. The summed E-state index contributed by atoms with van der Waals surface area (Å²) in [6.07, 6.45) is 11.8. The van der Waals surface area contributed by atoms with E-state index in [1.54, 1.807) is 14.0 Å². The van der Waals surface area contributed by atoms with Gasteiger partial charge in [-0.1, -0.05) is 40.5 Å². The number of hydrogen-bond donors (Lipinski definition) is 3. The van der Waals surface area contributed by atoms with Gasteiger partial charge in [-0.15, -0.1) is 0 Å². The second-order valence-electron chi connectivity index (χ2n) is 14.0. The van der Waals surface area contributed by atoms with E-state index in [-0.39, 0.29) is 63.2 Å². The average Bonchev–Trinajstić information content (AvgIpc) is 3.09. The third-order valence-electron chi connectivity index (χ3n) is 9.42. The van der Waals surface area contributed by atoms with Gasteiger partial charge in [0, 0.05) is 32.0 Å². The van der Waals surface area contributed by atoms with Crippen LogP contribution in [0, 0.1) is 34.5 Å². The lowest BCUT2D eigenvalue weighted by Gasteiger charge is -2.29. The molecule has 0 amide bonds. The predicted molar refractivity (Wildman–Crippen MR) is 175 cm³/mol. The topological polar surface area (TPSA) is 158 Å². The van der Waals surface area contributed by atoms with Crippen molar-refractivity contribution in [1.29, 1.82) is 0 Å². The van der Waals surface area contributed by atoms with Crippen molar-refractivity contribution in [2.45, 2.75) is 105 Å². The van der Waals surface area contributed by atoms with E-state index in [4.69, 9.17) is 18.9 Å². The Bertz CT molecular complexity index is 869. The highest BCUT2D eigenvalue weighted by Gasteiger charge is 2.32. The molecule has 0 aliphatic heterocycles. The standard InChI is InChI=1S/C20H35NO6.C15H28O4/c1-3-16-5-7-17(8-6-16)19(25)27-15-20(2,13-23)14-26-18(24)9-11-21-10-4-12-22;1-4-12-5-7-13(8-6-12)14(17)19-11-15(2,9-16)10-18-3/h12,16-17,21,23H,3-11,13-15H2,1-2H3;12-13,16H,4-11H2,1-3H3. The zero-order valence-electron chi connectivity index (χ0n) is 29.2. The number of carbonyl (C=O) groups excluding carboxylic acids is 4. The molecule has 0 aromatic heterocycles. The van der Waals surface area contributed by atoms with Crippen molar-refractivity contribution in [3.8, 4) is 0 Å². The minimum absolute atomic E-state index is 0.00741. The van der Waals surface area contributed by atoms with Crippen LogP contribution in [-0.4, -0.2) is 94.2 Å². The lowest BCUT2D eigenvalue weighted by Crippen LogP contribution is -2.36. The van der Waals surface area contributed by atoms with Crippen molar-refractivity contribution >= 4 is 24.2 Å². The Balaban J connectivity index is 0.000000489. The summed E-state index contributed by atoms with van der Waals surface area (Å²) in [6.45, 7) is 9.28. The Morgan fingerprint density at radius 1 is 0.717 bits per heavy atom. The summed E-state index contributed by atoms with van der Waals surface area (Å²) >= 11 is 0. The Hall–Kier alpha value is -2.08. The van der Waals surface area contributed by atoms with Crippen LogP contribution < -0.4 is 5.32 Å². The van der Waals surface area contributed by atoms with Crippen molar-refractivity contribution in [2.24, 2.45) is 34.5 Å². The minimum Gasteiger partial charge on any atom is -0.465 e. The van der Waals surface area contributed by atoms with E-state index in [9.17, 15) is 29.4 Å². The fourth-order valence-corrected chi connectivity index (χ4v) is 5.76. The van der Waals surface area contributed by atoms with Gasteiger partial charge in [0.2, 0.25) is 0 Å². The van der Waals surface area contributed by atoms with Gasteiger partial charge in [-0.3, -0.25) is 14.4 Å². The van der Waals surface area contributed by atoms with Crippen LogP contribution in [0.25, 0.3) is 0 Å². The van der Waals surface area contributed by atoms with Crippen LogP contribution in [0.15, 0.2) is 0 Å². The largest absolute Gasteiger partial charge is 0.465 e. The molecule has 2 aliphatic rings. The van der Waals surface area contributed by atoms with Crippen LogP contribution in [0.3, 0.4) is 0 Å². The quantitative estimate of drug-likeness (QED) is 0.0744. The number of rotatable bonds is 20. The summed E-state index contributed by atoms with van der Waals surface area (Å²) in [6, 6.07) is 0. The van der Waals surface area contributed by atoms with Gasteiger partial charge >= 0.3 is 17.9 Å². The summed E-state index contributed by atoms with van der Waals surface area (Å²) < 4.78 is 21.1. The zero-order valence-corrected chi connectivity index (χ0v) is 29.2. The van der Waals surface area contributed by atoms with Crippen LogP contribution in [0.1, 0.15) is 105 Å². The van der Waals surface area contributed by atoms with Gasteiger partial charge in [0.25, 0.3) is 0 Å². The maximum absolute atomic E-state index is 12.3. The molecule has 0 bridgehead atoms. The molecule has 2 aliphatic carbocycles. The summed E-state index contributed by atoms with van der Waals surface area (Å²) in [7, 11) is 1.59. The molecule has 0 aromatic rings. The van der Waals surface area contributed by atoms with Gasteiger partial charge in [-0.05, 0) is 63.2 Å². The van der Waals surface area contributed by atoms with Gasteiger partial charge in [-0.2, -0.15) is 0 Å². The molecule has 3 N–H and O–H groups in total. The van der Waals surface area contributed by atoms with Crippen LogP contribution in [0.5, 0.6) is 0 Å². The first-order valence-corrected chi connectivity index (χ1v) is 17.3. The van der Waals surface area contributed by atoms with Crippen LogP contribution in [-0.2, 0) is 38.1 Å². The fraction of sp³-hybridized carbons (Fsp3) is 0.886. The van der Waals surface area contributed by atoms with Gasteiger partial charge in [0.15, 0.2) is 0 Å². The molecule has 2 fully saturated rings. The first kappa shape index (κ1) is 41.9. The summed E-state index contributed by atoms with van der Waals surface area (Å²) in [5.74, 6) is 0.770. The monoisotopic (exact) mass is 657 g/mol. The van der Waals surface area contributed by atoms with Gasteiger partial charge in [0.05, 0.1) is 43.5 Å². The Morgan fingerprint density at radius 2 is 1.15 bits per heavy atom. The molecule has 0 saturated heterocycles. The lowest BCUT2D eigenvalue weighted by atomic mass is 9.81. The van der Waals surface area contributed by atoms with Crippen LogP contribution in [0.4, 0.5) is 0 Å². The first-order valence-electron chi connectivity index (χ1n) is 17.3.